The molecule has 1 atom stereocenters. The second-order valence-corrected chi connectivity index (χ2v) is 5.72. The minimum Gasteiger partial charge on any atom is -0.507 e. The van der Waals surface area contributed by atoms with Gasteiger partial charge in [0.15, 0.2) is 11.5 Å². The second-order valence-electron chi connectivity index (χ2n) is 5.72. The van der Waals surface area contributed by atoms with Crippen molar-refractivity contribution >= 4 is 11.8 Å². The van der Waals surface area contributed by atoms with Crippen molar-refractivity contribution in [3.8, 4) is 17.2 Å². The van der Waals surface area contributed by atoms with E-state index in [0.717, 1.165) is 5.56 Å². The summed E-state index contributed by atoms with van der Waals surface area (Å²) in [7, 11) is 3.07. The second kappa shape index (κ2) is 6.47. The van der Waals surface area contributed by atoms with Crippen LogP contribution in [-0.2, 0) is 0 Å². The number of methoxy groups -OCH3 is 2. The molecule has 2 aromatic rings. The van der Waals surface area contributed by atoms with Gasteiger partial charge in [-0.05, 0) is 36.2 Å². The van der Waals surface area contributed by atoms with Gasteiger partial charge < -0.3 is 14.6 Å². The first-order valence-electron chi connectivity index (χ1n) is 7.95. The molecule has 3 rings (SSSR count). The highest BCUT2D eigenvalue weighted by Gasteiger charge is 2.41. The average molecular weight is 341 g/mol. The van der Waals surface area contributed by atoms with Gasteiger partial charge in [0.05, 0.1) is 31.4 Å². The fourth-order valence-corrected chi connectivity index (χ4v) is 3.20. The van der Waals surface area contributed by atoms with Crippen molar-refractivity contribution in [1.29, 1.82) is 0 Å². The van der Waals surface area contributed by atoms with Crippen LogP contribution in [0.2, 0.25) is 0 Å². The molecule has 0 aromatic heterocycles. The molecule has 1 N–H and O–H groups in total. The van der Waals surface area contributed by atoms with Gasteiger partial charge in [0.2, 0.25) is 0 Å². The smallest absolute Gasteiger partial charge is 0.265 e. The highest BCUT2D eigenvalue weighted by atomic mass is 16.5. The highest BCUT2D eigenvalue weighted by Crippen LogP contribution is 2.39. The summed E-state index contributed by atoms with van der Waals surface area (Å²) in [6.45, 7) is 1.89. The number of nitrogens with zero attached hydrogens (tertiary/aromatic N) is 1. The monoisotopic (exact) mass is 341 g/mol. The van der Waals surface area contributed by atoms with Crippen molar-refractivity contribution in [1.82, 2.24) is 4.90 Å². The summed E-state index contributed by atoms with van der Waals surface area (Å²) in [5.74, 6) is 0.0248. The zero-order chi connectivity index (χ0) is 18.1. The van der Waals surface area contributed by atoms with E-state index in [1.807, 2.05) is 6.92 Å². The Morgan fingerprint density at radius 3 is 2.36 bits per heavy atom. The topological polar surface area (TPSA) is 76.1 Å². The van der Waals surface area contributed by atoms with E-state index in [2.05, 4.69) is 0 Å². The van der Waals surface area contributed by atoms with Gasteiger partial charge in [-0.1, -0.05) is 19.1 Å². The molecule has 0 fully saturated rings. The Hall–Kier alpha value is -3.02. The maximum atomic E-state index is 12.8. The van der Waals surface area contributed by atoms with E-state index in [4.69, 9.17) is 9.47 Å². The first-order chi connectivity index (χ1) is 12.0. The number of imide groups is 1. The molecule has 1 heterocycles. The lowest BCUT2D eigenvalue weighted by molar-refractivity contribution is 0.0577. The maximum Gasteiger partial charge on any atom is 0.265 e. The number of hydrogen-bond donors (Lipinski definition) is 1. The number of benzene rings is 2. The molecule has 130 valence electrons. The standard InChI is InChI=1S/C19H19NO5/c1-4-13(11-8-9-15(24-2)16(10-11)25-3)20-18(22)12-6-5-7-14(21)17(12)19(20)23/h5-10,13,21H,4H2,1-3H3. The van der Waals surface area contributed by atoms with E-state index in [-0.39, 0.29) is 16.9 Å². The number of rotatable bonds is 5. The molecule has 2 aromatic carbocycles. The molecule has 6 nitrogen and oxygen atoms in total. The molecular weight excluding hydrogens is 322 g/mol. The molecule has 25 heavy (non-hydrogen) atoms. The van der Waals surface area contributed by atoms with Gasteiger partial charge in [0.1, 0.15) is 5.75 Å². The Bertz CT molecular complexity index is 846. The first-order valence-corrected chi connectivity index (χ1v) is 7.95. The third kappa shape index (κ3) is 2.59. The van der Waals surface area contributed by atoms with Gasteiger partial charge in [-0.15, -0.1) is 0 Å². The molecule has 6 heteroatoms. The highest BCUT2D eigenvalue weighted by molar-refractivity contribution is 6.22. The largest absolute Gasteiger partial charge is 0.507 e. The van der Waals surface area contributed by atoms with Crippen molar-refractivity contribution in [3.63, 3.8) is 0 Å². The van der Waals surface area contributed by atoms with Gasteiger partial charge in [-0.2, -0.15) is 0 Å². The number of phenolic OH excluding ortho intramolecular Hbond substituents is 1. The van der Waals surface area contributed by atoms with Crippen molar-refractivity contribution in [3.05, 3.63) is 53.1 Å². The number of fused-ring (bicyclic) bond motifs is 1. The van der Waals surface area contributed by atoms with Crippen LogP contribution < -0.4 is 9.47 Å². The summed E-state index contributed by atoms with van der Waals surface area (Å²) in [5.41, 5.74) is 1.05. The molecule has 0 bridgehead atoms. The summed E-state index contributed by atoms with van der Waals surface area (Å²) in [6.07, 6.45) is 0.529. The summed E-state index contributed by atoms with van der Waals surface area (Å²) in [4.78, 5) is 26.7. The zero-order valence-electron chi connectivity index (χ0n) is 14.3. The molecule has 0 radical (unpaired) electrons. The van der Waals surface area contributed by atoms with Crippen LogP contribution in [0.4, 0.5) is 0 Å². The molecule has 2 amide bonds. The van der Waals surface area contributed by atoms with Crippen LogP contribution in [0.1, 0.15) is 45.7 Å². The Labute approximate surface area is 145 Å². The number of carbonyl (C=O) groups excluding carboxylic acids is 2. The lowest BCUT2D eigenvalue weighted by Gasteiger charge is -2.26. The molecule has 0 saturated heterocycles. The van der Waals surface area contributed by atoms with Crippen molar-refractivity contribution in [2.24, 2.45) is 0 Å². The lowest BCUT2D eigenvalue weighted by Crippen LogP contribution is -2.33. The fraction of sp³-hybridized carbons (Fsp3) is 0.263. The molecule has 0 aliphatic carbocycles. The van der Waals surface area contributed by atoms with E-state index in [1.54, 1.807) is 37.4 Å². The third-order valence-electron chi connectivity index (χ3n) is 4.42. The molecular formula is C19H19NO5. The SMILES string of the molecule is CCC(c1ccc(OC)c(OC)c1)N1C(=O)c2cccc(O)c2C1=O. The van der Waals surface area contributed by atoms with Crippen LogP contribution in [0.25, 0.3) is 0 Å². The van der Waals surface area contributed by atoms with Crippen LogP contribution in [0, 0.1) is 0 Å². The van der Waals surface area contributed by atoms with Crippen LogP contribution in [0.3, 0.4) is 0 Å². The number of carbonyl (C=O) groups is 2. The van der Waals surface area contributed by atoms with Gasteiger partial charge in [0.25, 0.3) is 11.8 Å². The molecule has 1 aliphatic rings. The molecule has 1 aliphatic heterocycles. The molecule has 0 spiro atoms. The Morgan fingerprint density at radius 2 is 1.76 bits per heavy atom. The van der Waals surface area contributed by atoms with Gasteiger partial charge >= 0.3 is 0 Å². The number of ether oxygens (including phenoxy) is 2. The Balaban J connectivity index is 2.04. The molecule has 1 unspecified atom stereocenters. The number of hydrogen-bond acceptors (Lipinski definition) is 5. The van der Waals surface area contributed by atoms with Crippen molar-refractivity contribution in [2.75, 3.05) is 14.2 Å². The third-order valence-corrected chi connectivity index (χ3v) is 4.42. The predicted molar refractivity (Wildman–Crippen MR) is 91.2 cm³/mol. The first kappa shape index (κ1) is 16.8. The van der Waals surface area contributed by atoms with E-state index >= 15 is 0 Å². The van der Waals surface area contributed by atoms with Crippen LogP contribution in [0.15, 0.2) is 36.4 Å². The summed E-state index contributed by atoms with van der Waals surface area (Å²) < 4.78 is 10.5. The summed E-state index contributed by atoms with van der Waals surface area (Å²) in [6, 6.07) is 9.36. The summed E-state index contributed by atoms with van der Waals surface area (Å²) >= 11 is 0. The minimum atomic E-state index is -0.486. The number of amides is 2. The number of phenols is 1. The van der Waals surface area contributed by atoms with E-state index in [0.29, 0.717) is 17.9 Å². The average Bonchev–Trinajstić information content (AvgIpc) is 2.88. The van der Waals surface area contributed by atoms with Crippen molar-refractivity contribution < 1.29 is 24.2 Å². The normalized spacial score (nSPS) is 14.4. The van der Waals surface area contributed by atoms with Gasteiger partial charge in [-0.3, -0.25) is 14.5 Å². The minimum absolute atomic E-state index is 0.0615. The predicted octanol–water partition coefficient (Wildman–Crippen LogP) is 3.16. The zero-order valence-corrected chi connectivity index (χ0v) is 14.3. The van der Waals surface area contributed by atoms with Crippen molar-refractivity contribution in [2.45, 2.75) is 19.4 Å². The molecule has 0 saturated carbocycles. The van der Waals surface area contributed by atoms with Crippen LogP contribution in [0.5, 0.6) is 17.2 Å². The number of aromatic hydroxyl groups is 1. The van der Waals surface area contributed by atoms with E-state index < -0.39 is 17.9 Å². The quantitative estimate of drug-likeness (QED) is 0.846. The fourth-order valence-electron chi connectivity index (χ4n) is 3.20. The van der Waals surface area contributed by atoms with Gasteiger partial charge in [-0.25, -0.2) is 0 Å². The lowest BCUT2D eigenvalue weighted by atomic mass is 10.0. The van der Waals surface area contributed by atoms with Gasteiger partial charge in [0, 0.05) is 0 Å². The maximum absolute atomic E-state index is 12.8. The summed E-state index contributed by atoms with van der Waals surface area (Å²) in [5, 5.41) is 9.98. The van der Waals surface area contributed by atoms with Crippen LogP contribution in [-0.4, -0.2) is 36.0 Å². The Kier molecular flexibility index (Phi) is 4.35. The Morgan fingerprint density at radius 1 is 1.04 bits per heavy atom. The van der Waals surface area contributed by atoms with E-state index in [1.165, 1.54) is 18.1 Å². The van der Waals surface area contributed by atoms with Crippen LogP contribution >= 0.6 is 0 Å². The van der Waals surface area contributed by atoms with E-state index in [9.17, 15) is 14.7 Å².